The van der Waals surface area contributed by atoms with Crippen molar-refractivity contribution in [2.75, 3.05) is 19.8 Å². The minimum atomic E-state index is -0.672. The minimum absolute atomic E-state index is 0.133. The van der Waals surface area contributed by atoms with E-state index < -0.39 is 11.9 Å². The van der Waals surface area contributed by atoms with Gasteiger partial charge in [0.05, 0.1) is 18.3 Å². The highest BCUT2D eigenvalue weighted by Gasteiger charge is 2.17. The predicted molar refractivity (Wildman–Crippen MR) is 117 cm³/mol. The fraction of sp³-hybridized carbons (Fsp3) is 0.375. The molecular weight excluding hydrogens is 397 g/mol. The number of amides is 1. The molecule has 1 N–H and O–H groups in total. The van der Waals surface area contributed by atoms with E-state index in [1.807, 2.05) is 37.3 Å². The van der Waals surface area contributed by atoms with Crippen LogP contribution in [0.1, 0.15) is 50.4 Å². The Hall–Kier alpha value is -3.24. The Morgan fingerprint density at radius 2 is 1.94 bits per heavy atom. The van der Waals surface area contributed by atoms with E-state index in [2.05, 4.69) is 17.2 Å². The summed E-state index contributed by atoms with van der Waals surface area (Å²) in [7, 11) is 0. The number of nitriles is 1. The molecule has 164 valence electrons. The van der Waals surface area contributed by atoms with Gasteiger partial charge < -0.3 is 14.8 Å². The summed E-state index contributed by atoms with van der Waals surface area (Å²) in [4.78, 5) is 16.3. The molecule has 7 heteroatoms. The molecule has 2 rings (SSSR count). The Bertz CT molecular complexity index is 907. The summed E-state index contributed by atoms with van der Waals surface area (Å²) in [6.07, 6.45) is 3.79. The molecule has 0 aliphatic rings. The van der Waals surface area contributed by atoms with Crippen LogP contribution in [0.4, 0.5) is 4.39 Å². The average Bonchev–Trinajstić information content (AvgIpc) is 2.77. The van der Waals surface area contributed by atoms with E-state index in [1.165, 1.54) is 24.3 Å². The topological polar surface area (TPSA) is 84.2 Å². The van der Waals surface area contributed by atoms with Gasteiger partial charge in [0, 0.05) is 6.61 Å². The van der Waals surface area contributed by atoms with Crippen molar-refractivity contribution in [3.8, 4) is 11.8 Å². The largest absolute Gasteiger partial charge is 0.491 e. The first-order valence-electron chi connectivity index (χ1n) is 10.4. The number of carbonyl (C=O) groups is 1. The Labute approximate surface area is 182 Å². The van der Waals surface area contributed by atoms with Gasteiger partial charge in [0.15, 0.2) is 0 Å². The number of aromatic nitrogens is 1. The van der Waals surface area contributed by atoms with E-state index in [1.54, 1.807) is 0 Å². The molecule has 1 unspecified atom stereocenters. The van der Waals surface area contributed by atoms with E-state index in [9.17, 15) is 14.4 Å². The Morgan fingerprint density at radius 1 is 1.16 bits per heavy atom. The molecule has 1 amide bonds. The van der Waals surface area contributed by atoms with Gasteiger partial charge in [-0.2, -0.15) is 9.65 Å². The smallest absolute Gasteiger partial charge is 0.262 e. The van der Waals surface area contributed by atoms with Gasteiger partial charge in [-0.05, 0) is 48.7 Å². The molecule has 1 heterocycles. The summed E-state index contributed by atoms with van der Waals surface area (Å²) in [6.45, 7) is 5.80. The second-order valence-corrected chi connectivity index (χ2v) is 6.90. The van der Waals surface area contributed by atoms with Gasteiger partial charge in [-0.15, -0.1) is 0 Å². The molecule has 0 bridgehead atoms. The van der Waals surface area contributed by atoms with Gasteiger partial charge in [-0.1, -0.05) is 38.5 Å². The summed E-state index contributed by atoms with van der Waals surface area (Å²) in [5.41, 5.74) is 0.986. The second-order valence-electron chi connectivity index (χ2n) is 6.90. The van der Waals surface area contributed by atoms with E-state index in [0.717, 1.165) is 30.8 Å². The third-order valence-corrected chi connectivity index (χ3v) is 4.40. The second kappa shape index (κ2) is 13.1. The lowest BCUT2D eigenvalue weighted by molar-refractivity contribution is -0.117. The Balaban J connectivity index is 2.04. The molecule has 6 nitrogen and oxygen atoms in total. The number of pyridine rings is 1. The lowest BCUT2D eigenvalue weighted by atomic mass is 10.0. The van der Waals surface area contributed by atoms with Crippen LogP contribution in [0.15, 0.2) is 48.0 Å². The molecule has 0 saturated carbocycles. The fourth-order valence-electron chi connectivity index (χ4n) is 2.91. The summed E-state index contributed by atoms with van der Waals surface area (Å²) in [6, 6.07) is 13.3. The van der Waals surface area contributed by atoms with Crippen molar-refractivity contribution >= 4 is 12.0 Å². The number of carbonyl (C=O) groups excluding carboxylic acids is 1. The van der Waals surface area contributed by atoms with E-state index in [4.69, 9.17) is 9.47 Å². The molecule has 2 aromatic rings. The molecule has 0 spiro atoms. The zero-order chi connectivity index (χ0) is 22.5. The zero-order valence-electron chi connectivity index (χ0n) is 17.9. The molecule has 0 saturated heterocycles. The highest BCUT2D eigenvalue weighted by atomic mass is 19.1. The van der Waals surface area contributed by atoms with Crippen molar-refractivity contribution in [2.24, 2.45) is 0 Å². The molecule has 31 heavy (non-hydrogen) atoms. The monoisotopic (exact) mass is 425 g/mol. The normalized spacial score (nSPS) is 12.1. The molecule has 0 aliphatic carbocycles. The van der Waals surface area contributed by atoms with E-state index >= 15 is 0 Å². The van der Waals surface area contributed by atoms with Crippen LogP contribution in [-0.4, -0.2) is 30.7 Å². The van der Waals surface area contributed by atoms with Crippen LogP contribution in [0.5, 0.6) is 5.75 Å². The average molecular weight is 426 g/mol. The molecular formula is C24H28FN3O3. The SMILES string of the molecule is CCCOCCOc1ccc(C(CCC)NC(=O)/C(C#N)=C/c2cccc(F)n2)cc1. The Morgan fingerprint density at radius 3 is 2.58 bits per heavy atom. The maximum absolute atomic E-state index is 13.3. The number of halogens is 1. The van der Waals surface area contributed by atoms with Gasteiger partial charge in [-0.25, -0.2) is 4.98 Å². The van der Waals surface area contributed by atoms with E-state index in [-0.39, 0.29) is 17.3 Å². The van der Waals surface area contributed by atoms with Gasteiger partial charge >= 0.3 is 0 Å². The van der Waals surface area contributed by atoms with Crippen LogP contribution in [0.2, 0.25) is 0 Å². The minimum Gasteiger partial charge on any atom is -0.491 e. The maximum atomic E-state index is 13.3. The summed E-state index contributed by atoms with van der Waals surface area (Å²) >= 11 is 0. The summed E-state index contributed by atoms with van der Waals surface area (Å²) in [5.74, 6) is -0.477. The highest BCUT2D eigenvalue weighted by Crippen LogP contribution is 2.22. The number of hydrogen-bond acceptors (Lipinski definition) is 5. The standard InChI is InChI=1S/C24H28FN3O3/c1-3-6-22(18-9-11-21(12-10-18)31-15-14-30-13-4-2)28-24(29)19(17-26)16-20-7-5-8-23(25)27-20/h5,7-12,16,22H,3-4,6,13-15H2,1-2H3,(H,28,29)/b19-16+. The molecule has 0 aliphatic heterocycles. The molecule has 0 radical (unpaired) electrons. The lowest BCUT2D eigenvalue weighted by Crippen LogP contribution is -2.29. The maximum Gasteiger partial charge on any atom is 0.262 e. The first-order chi connectivity index (χ1) is 15.1. The molecule has 1 aromatic heterocycles. The van der Waals surface area contributed by atoms with Crippen molar-refractivity contribution in [1.29, 1.82) is 5.26 Å². The first-order valence-corrected chi connectivity index (χ1v) is 10.4. The van der Waals surface area contributed by atoms with Crippen LogP contribution in [0, 0.1) is 17.3 Å². The van der Waals surface area contributed by atoms with Crippen molar-refractivity contribution in [2.45, 2.75) is 39.2 Å². The molecule has 1 aromatic carbocycles. The van der Waals surface area contributed by atoms with Crippen LogP contribution in [0.25, 0.3) is 6.08 Å². The third-order valence-electron chi connectivity index (χ3n) is 4.40. The van der Waals surface area contributed by atoms with Gasteiger partial charge in [-0.3, -0.25) is 4.79 Å². The van der Waals surface area contributed by atoms with Crippen LogP contribution in [-0.2, 0) is 9.53 Å². The van der Waals surface area contributed by atoms with Crippen molar-refractivity contribution in [3.05, 3.63) is 65.2 Å². The number of nitrogens with one attached hydrogen (secondary N) is 1. The van der Waals surface area contributed by atoms with Crippen LogP contribution < -0.4 is 10.1 Å². The zero-order valence-corrected chi connectivity index (χ0v) is 17.9. The van der Waals surface area contributed by atoms with Gasteiger partial charge in [0.25, 0.3) is 5.91 Å². The van der Waals surface area contributed by atoms with Crippen molar-refractivity contribution < 1.29 is 18.7 Å². The Kier molecular flexibility index (Phi) is 10.2. The van der Waals surface area contributed by atoms with Gasteiger partial charge in [0.2, 0.25) is 5.95 Å². The predicted octanol–water partition coefficient (Wildman–Crippen LogP) is 4.59. The number of ether oxygens (including phenoxy) is 2. The van der Waals surface area contributed by atoms with E-state index in [0.29, 0.717) is 19.6 Å². The highest BCUT2D eigenvalue weighted by molar-refractivity contribution is 6.01. The first kappa shape index (κ1) is 24.0. The number of benzene rings is 1. The molecule has 1 atom stereocenters. The fourth-order valence-corrected chi connectivity index (χ4v) is 2.91. The molecule has 0 fully saturated rings. The number of nitrogens with zero attached hydrogens (tertiary/aromatic N) is 2. The number of hydrogen-bond donors (Lipinski definition) is 1. The number of rotatable bonds is 12. The van der Waals surface area contributed by atoms with Gasteiger partial charge in [0.1, 0.15) is 24.0 Å². The summed E-state index contributed by atoms with van der Waals surface area (Å²) < 4.78 is 24.3. The quantitative estimate of drug-likeness (QED) is 0.233. The van der Waals surface area contributed by atoms with Crippen LogP contribution >= 0.6 is 0 Å². The third kappa shape index (κ3) is 8.19. The van der Waals surface area contributed by atoms with Crippen LogP contribution in [0.3, 0.4) is 0 Å². The lowest BCUT2D eigenvalue weighted by Gasteiger charge is -2.19. The summed E-state index contributed by atoms with van der Waals surface area (Å²) in [5, 5.41) is 12.3. The van der Waals surface area contributed by atoms with Crippen molar-refractivity contribution in [1.82, 2.24) is 10.3 Å². The van der Waals surface area contributed by atoms with Crippen molar-refractivity contribution in [3.63, 3.8) is 0 Å².